The zero-order valence-corrected chi connectivity index (χ0v) is 11.2. The first-order chi connectivity index (χ1) is 9.26. The quantitative estimate of drug-likeness (QED) is 0.620. The molecule has 1 N–H and O–H groups in total. The van der Waals surface area contributed by atoms with E-state index in [9.17, 15) is 4.79 Å². The molecule has 1 aromatic heterocycles. The fraction of sp³-hybridized carbons (Fsp3) is 0.375. The first-order valence-corrected chi connectivity index (χ1v) is 6.80. The van der Waals surface area contributed by atoms with Crippen LogP contribution in [0.2, 0.25) is 0 Å². The number of carbonyl (C=O) groups excluding carboxylic acids is 1. The second kappa shape index (κ2) is 6.19. The molecule has 3 heteroatoms. The lowest BCUT2D eigenvalue weighted by molar-refractivity contribution is 0.0981. The van der Waals surface area contributed by atoms with Crippen LogP contribution in [0.15, 0.2) is 24.4 Å². The summed E-state index contributed by atoms with van der Waals surface area (Å²) in [6, 6.07) is 7.50. The Morgan fingerprint density at radius 1 is 1.32 bits per heavy atom. The number of nitrogens with one attached hydrogen (secondary N) is 1. The molecule has 0 aliphatic heterocycles. The van der Waals surface area contributed by atoms with Gasteiger partial charge in [0.1, 0.15) is 0 Å². The molecule has 0 radical (unpaired) electrons. The Kier molecular flexibility index (Phi) is 4.35. The maximum Gasteiger partial charge on any atom is 0.165 e. The van der Waals surface area contributed by atoms with Gasteiger partial charge in [-0.15, -0.1) is 0 Å². The number of rotatable bonds is 6. The second-order valence-corrected chi connectivity index (χ2v) is 4.81. The highest BCUT2D eigenvalue weighted by molar-refractivity contribution is 6.08. The van der Waals surface area contributed by atoms with Crippen LogP contribution in [0.1, 0.15) is 54.9 Å². The number of carbonyl (C=O) groups is 1. The van der Waals surface area contributed by atoms with Crippen LogP contribution in [0.3, 0.4) is 0 Å². The van der Waals surface area contributed by atoms with Crippen molar-refractivity contribution in [3.8, 4) is 6.07 Å². The molecule has 0 unspecified atom stereocenters. The summed E-state index contributed by atoms with van der Waals surface area (Å²) >= 11 is 0. The van der Waals surface area contributed by atoms with E-state index in [-0.39, 0.29) is 5.78 Å². The average Bonchev–Trinajstić information content (AvgIpc) is 2.86. The van der Waals surface area contributed by atoms with Crippen LogP contribution in [0, 0.1) is 11.3 Å². The largest absolute Gasteiger partial charge is 0.360 e. The van der Waals surface area contributed by atoms with E-state index in [2.05, 4.69) is 18.0 Å². The summed E-state index contributed by atoms with van der Waals surface area (Å²) in [4.78, 5) is 15.3. The number of fused-ring (bicyclic) bond motifs is 1. The first-order valence-electron chi connectivity index (χ1n) is 6.80. The van der Waals surface area contributed by atoms with Gasteiger partial charge in [-0.1, -0.05) is 26.2 Å². The predicted octanol–water partition coefficient (Wildman–Crippen LogP) is 4.19. The highest BCUT2D eigenvalue weighted by Crippen LogP contribution is 2.21. The molecule has 0 saturated heterocycles. The van der Waals surface area contributed by atoms with Crippen LogP contribution < -0.4 is 0 Å². The van der Waals surface area contributed by atoms with Crippen molar-refractivity contribution in [2.45, 2.75) is 39.0 Å². The number of unbranched alkanes of at least 4 members (excludes halogenated alkanes) is 3. The fourth-order valence-corrected chi connectivity index (χ4v) is 2.27. The molecule has 2 aromatic rings. The van der Waals surface area contributed by atoms with E-state index < -0.39 is 0 Å². The highest BCUT2D eigenvalue weighted by Gasteiger charge is 2.12. The molecular formula is C16H18N2O. The van der Waals surface area contributed by atoms with Gasteiger partial charge in [-0.25, -0.2) is 0 Å². The van der Waals surface area contributed by atoms with Gasteiger partial charge in [0.2, 0.25) is 0 Å². The molecule has 2 rings (SSSR count). The summed E-state index contributed by atoms with van der Waals surface area (Å²) in [6.45, 7) is 2.16. The number of H-pyrrole nitrogens is 1. The molecule has 0 spiro atoms. The summed E-state index contributed by atoms with van der Waals surface area (Å²) in [6.07, 6.45) is 6.75. The van der Waals surface area contributed by atoms with Crippen LogP contribution in [-0.2, 0) is 0 Å². The summed E-state index contributed by atoms with van der Waals surface area (Å²) in [7, 11) is 0. The minimum absolute atomic E-state index is 0.164. The van der Waals surface area contributed by atoms with Crippen LogP contribution in [-0.4, -0.2) is 10.8 Å². The summed E-state index contributed by atoms with van der Waals surface area (Å²) < 4.78 is 0. The summed E-state index contributed by atoms with van der Waals surface area (Å²) in [5.41, 5.74) is 2.21. The summed E-state index contributed by atoms with van der Waals surface area (Å²) in [5, 5.41) is 9.78. The lowest BCUT2D eigenvalue weighted by Crippen LogP contribution is -1.97. The Balaban J connectivity index is 2.15. The molecule has 3 nitrogen and oxygen atoms in total. The third-order valence-electron chi connectivity index (χ3n) is 3.37. The van der Waals surface area contributed by atoms with Gasteiger partial charge in [0.05, 0.1) is 11.6 Å². The van der Waals surface area contributed by atoms with Crippen molar-refractivity contribution in [2.24, 2.45) is 0 Å². The van der Waals surface area contributed by atoms with E-state index in [1.54, 1.807) is 18.3 Å². The first kappa shape index (κ1) is 13.4. The van der Waals surface area contributed by atoms with Gasteiger partial charge in [-0.2, -0.15) is 5.26 Å². The third-order valence-corrected chi connectivity index (χ3v) is 3.37. The zero-order valence-electron chi connectivity index (χ0n) is 11.2. The second-order valence-electron chi connectivity index (χ2n) is 4.81. The van der Waals surface area contributed by atoms with Crippen LogP contribution in [0.5, 0.6) is 0 Å². The lowest BCUT2D eigenvalue weighted by Gasteiger charge is -2.00. The van der Waals surface area contributed by atoms with E-state index in [0.29, 0.717) is 17.5 Å². The molecule has 0 amide bonds. The van der Waals surface area contributed by atoms with Crippen molar-refractivity contribution in [1.29, 1.82) is 5.26 Å². The molecule has 1 heterocycles. The van der Waals surface area contributed by atoms with Crippen molar-refractivity contribution < 1.29 is 4.79 Å². The maximum absolute atomic E-state index is 12.2. The van der Waals surface area contributed by atoms with Gasteiger partial charge in [-0.3, -0.25) is 4.79 Å². The SMILES string of the molecule is CCCCCCC(=O)c1c[nH]c2ccc(C#N)cc12. The van der Waals surface area contributed by atoms with Crippen molar-refractivity contribution >= 4 is 16.7 Å². The number of nitriles is 1. The Bertz CT molecular complexity index is 619. The standard InChI is InChI=1S/C16H18N2O/c1-2-3-4-5-6-16(19)14-11-18-15-8-7-12(10-17)9-13(14)15/h7-9,11,18H,2-6H2,1H3. The van der Waals surface area contributed by atoms with Gasteiger partial charge in [-0.05, 0) is 24.6 Å². The van der Waals surface area contributed by atoms with E-state index >= 15 is 0 Å². The molecule has 98 valence electrons. The average molecular weight is 254 g/mol. The highest BCUT2D eigenvalue weighted by atomic mass is 16.1. The molecule has 1 aromatic carbocycles. The minimum atomic E-state index is 0.164. The van der Waals surface area contributed by atoms with Crippen molar-refractivity contribution in [1.82, 2.24) is 4.98 Å². The van der Waals surface area contributed by atoms with E-state index in [0.717, 1.165) is 23.7 Å². The lowest BCUT2D eigenvalue weighted by atomic mass is 10.0. The number of Topliss-reactive ketones (excluding diaryl/α,β-unsaturated/α-hetero) is 1. The fourth-order valence-electron chi connectivity index (χ4n) is 2.27. The Morgan fingerprint density at radius 3 is 2.89 bits per heavy atom. The number of hydrogen-bond donors (Lipinski definition) is 1. The molecule has 0 aliphatic rings. The molecule has 0 fully saturated rings. The molecule has 0 atom stereocenters. The Hall–Kier alpha value is -2.08. The monoisotopic (exact) mass is 254 g/mol. The van der Waals surface area contributed by atoms with Gasteiger partial charge in [0, 0.05) is 29.1 Å². The van der Waals surface area contributed by atoms with Gasteiger partial charge < -0.3 is 4.98 Å². The number of aromatic amines is 1. The molecule has 0 saturated carbocycles. The normalized spacial score (nSPS) is 10.5. The predicted molar refractivity (Wildman–Crippen MR) is 76.1 cm³/mol. The number of benzene rings is 1. The minimum Gasteiger partial charge on any atom is -0.360 e. The number of nitrogens with zero attached hydrogens (tertiary/aromatic N) is 1. The molecule has 0 aliphatic carbocycles. The van der Waals surface area contributed by atoms with Crippen LogP contribution >= 0.6 is 0 Å². The van der Waals surface area contributed by atoms with Crippen molar-refractivity contribution in [3.63, 3.8) is 0 Å². The van der Waals surface area contributed by atoms with E-state index in [4.69, 9.17) is 5.26 Å². The Labute approximate surface area is 113 Å². The van der Waals surface area contributed by atoms with Gasteiger partial charge in [0.15, 0.2) is 5.78 Å². The van der Waals surface area contributed by atoms with Crippen molar-refractivity contribution in [2.75, 3.05) is 0 Å². The zero-order chi connectivity index (χ0) is 13.7. The number of aromatic nitrogens is 1. The maximum atomic E-state index is 12.2. The third kappa shape index (κ3) is 3.03. The van der Waals surface area contributed by atoms with Gasteiger partial charge in [0.25, 0.3) is 0 Å². The van der Waals surface area contributed by atoms with Crippen molar-refractivity contribution in [3.05, 3.63) is 35.5 Å². The van der Waals surface area contributed by atoms with Gasteiger partial charge >= 0.3 is 0 Å². The molecule has 0 bridgehead atoms. The number of hydrogen-bond acceptors (Lipinski definition) is 2. The summed E-state index contributed by atoms with van der Waals surface area (Å²) in [5.74, 6) is 0.164. The smallest absolute Gasteiger partial charge is 0.165 e. The van der Waals surface area contributed by atoms with E-state index in [1.165, 1.54) is 12.8 Å². The Morgan fingerprint density at radius 2 is 2.16 bits per heavy atom. The molecular weight excluding hydrogens is 236 g/mol. The molecule has 19 heavy (non-hydrogen) atoms. The van der Waals surface area contributed by atoms with Crippen LogP contribution in [0.25, 0.3) is 10.9 Å². The van der Waals surface area contributed by atoms with E-state index in [1.807, 2.05) is 6.07 Å². The van der Waals surface area contributed by atoms with Crippen LogP contribution in [0.4, 0.5) is 0 Å². The number of ketones is 1. The topological polar surface area (TPSA) is 56.6 Å².